The van der Waals surface area contributed by atoms with Crippen LogP contribution in [0.2, 0.25) is 0 Å². The van der Waals surface area contributed by atoms with E-state index in [9.17, 15) is 9.59 Å². The summed E-state index contributed by atoms with van der Waals surface area (Å²) in [5, 5.41) is 0. The normalized spacial score (nSPS) is 17.2. The molecule has 2 amide bonds. The Morgan fingerprint density at radius 2 is 1.76 bits per heavy atom. The fourth-order valence-electron chi connectivity index (χ4n) is 1.84. The summed E-state index contributed by atoms with van der Waals surface area (Å²) in [6, 6.07) is 6.88. The lowest BCUT2D eigenvalue weighted by Crippen LogP contribution is -2.29. The van der Waals surface area contributed by atoms with E-state index in [2.05, 4.69) is 13.8 Å². The van der Waals surface area contributed by atoms with E-state index in [1.165, 1.54) is 16.3 Å². The standard InChI is InChI=1S/C14H18NO3PS2/c1-10(2)8-18-19(3,20)21-9-15-13(16)11-6-4-5-7-12(11)14(15)17/h4-7,10H,8-9H2,1-3H3. The molecular formula is C14H18NO3PS2. The second kappa shape index (κ2) is 6.61. The summed E-state index contributed by atoms with van der Waals surface area (Å²) in [5.74, 6) is 0.161. The Morgan fingerprint density at radius 1 is 1.24 bits per heavy atom. The molecule has 0 N–H and O–H groups in total. The largest absolute Gasteiger partial charge is 0.341 e. The van der Waals surface area contributed by atoms with Crippen LogP contribution >= 0.6 is 16.8 Å². The molecule has 0 saturated heterocycles. The number of fused-ring (bicyclic) bond motifs is 1. The molecular weight excluding hydrogens is 325 g/mol. The third-order valence-electron chi connectivity index (χ3n) is 2.94. The van der Waals surface area contributed by atoms with Crippen LogP contribution in [0.25, 0.3) is 0 Å². The number of rotatable bonds is 6. The number of hydrogen-bond donors (Lipinski definition) is 0. The van der Waals surface area contributed by atoms with Crippen molar-refractivity contribution < 1.29 is 14.1 Å². The quantitative estimate of drug-likeness (QED) is 0.583. The van der Waals surface area contributed by atoms with Crippen molar-refractivity contribution in [3.63, 3.8) is 0 Å². The van der Waals surface area contributed by atoms with Gasteiger partial charge in [-0.2, -0.15) is 0 Å². The number of amides is 2. The minimum Gasteiger partial charge on any atom is -0.341 e. The Bertz CT molecular complexity index is 583. The van der Waals surface area contributed by atoms with Crippen LogP contribution in [0.3, 0.4) is 0 Å². The molecule has 1 atom stereocenters. The zero-order valence-corrected chi connectivity index (χ0v) is 14.8. The number of hydrogen-bond acceptors (Lipinski definition) is 5. The zero-order valence-electron chi connectivity index (χ0n) is 12.2. The topological polar surface area (TPSA) is 46.6 Å². The Kier molecular flexibility index (Phi) is 5.25. The van der Waals surface area contributed by atoms with E-state index in [0.717, 1.165) is 0 Å². The number of carbonyl (C=O) groups excluding carboxylic acids is 2. The van der Waals surface area contributed by atoms with Gasteiger partial charge >= 0.3 is 0 Å². The highest BCUT2D eigenvalue weighted by atomic mass is 32.9. The van der Waals surface area contributed by atoms with Crippen LogP contribution in [0.1, 0.15) is 34.6 Å². The number of benzene rings is 1. The van der Waals surface area contributed by atoms with Crippen LogP contribution in [0.5, 0.6) is 0 Å². The van der Waals surface area contributed by atoms with E-state index < -0.39 is 5.47 Å². The highest BCUT2D eigenvalue weighted by Crippen LogP contribution is 2.57. The fourth-order valence-corrected chi connectivity index (χ4v) is 5.03. The molecule has 1 unspecified atom stereocenters. The van der Waals surface area contributed by atoms with E-state index in [1.807, 2.05) is 6.66 Å². The van der Waals surface area contributed by atoms with Crippen LogP contribution in [-0.2, 0) is 16.3 Å². The maximum absolute atomic E-state index is 12.2. The van der Waals surface area contributed by atoms with E-state index in [-0.39, 0.29) is 17.7 Å². The summed E-state index contributed by atoms with van der Waals surface area (Å²) in [6.45, 7) is 6.60. The fraction of sp³-hybridized carbons (Fsp3) is 0.429. The van der Waals surface area contributed by atoms with Crippen molar-refractivity contribution in [2.24, 2.45) is 5.92 Å². The molecule has 1 heterocycles. The average molecular weight is 343 g/mol. The van der Waals surface area contributed by atoms with Crippen LogP contribution in [0, 0.1) is 5.92 Å². The Morgan fingerprint density at radius 3 is 2.24 bits per heavy atom. The molecule has 0 radical (unpaired) electrons. The number of nitrogens with zero attached hydrogens (tertiary/aromatic N) is 1. The van der Waals surface area contributed by atoms with E-state index in [4.69, 9.17) is 16.3 Å². The number of imide groups is 1. The molecule has 114 valence electrons. The third-order valence-corrected chi connectivity index (χ3v) is 7.74. The maximum atomic E-state index is 12.2. The van der Waals surface area contributed by atoms with Gasteiger partial charge in [-0.1, -0.05) is 49.2 Å². The van der Waals surface area contributed by atoms with Gasteiger partial charge in [0.25, 0.3) is 11.8 Å². The second-order valence-electron chi connectivity index (χ2n) is 5.30. The van der Waals surface area contributed by atoms with Gasteiger partial charge in [0.2, 0.25) is 0 Å². The summed E-state index contributed by atoms with van der Waals surface area (Å²) in [7, 11) is 0. The predicted molar refractivity (Wildman–Crippen MR) is 90.4 cm³/mol. The summed E-state index contributed by atoms with van der Waals surface area (Å²) in [4.78, 5) is 25.7. The van der Waals surface area contributed by atoms with E-state index in [1.54, 1.807) is 24.3 Å². The smallest absolute Gasteiger partial charge is 0.262 e. The van der Waals surface area contributed by atoms with Crippen molar-refractivity contribution in [3.8, 4) is 0 Å². The van der Waals surface area contributed by atoms with Crippen molar-refractivity contribution in [1.29, 1.82) is 0 Å². The summed E-state index contributed by atoms with van der Waals surface area (Å²) < 4.78 is 5.74. The van der Waals surface area contributed by atoms with Crippen molar-refractivity contribution in [3.05, 3.63) is 35.4 Å². The average Bonchev–Trinajstić information content (AvgIpc) is 2.68. The molecule has 0 spiro atoms. The Hall–Kier alpha value is -0.680. The molecule has 2 rings (SSSR count). The summed E-state index contributed by atoms with van der Waals surface area (Å²) in [5.41, 5.74) is -1.11. The van der Waals surface area contributed by atoms with Crippen LogP contribution < -0.4 is 0 Å². The summed E-state index contributed by atoms with van der Waals surface area (Å²) >= 11 is 6.85. The molecule has 0 aromatic heterocycles. The molecule has 0 aliphatic carbocycles. The van der Waals surface area contributed by atoms with Gasteiger partial charge in [-0.05, 0) is 24.7 Å². The lowest BCUT2D eigenvalue weighted by Gasteiger charge is -2.21. The molecule has 1 aliphatic rings. The molecule has 0 fully saturated rings. The Balaban J connectivity index is 2.01. The van der Waals surface area contributed by atoms with Crippen LogP contribution in [0.15, 0.2) is 24.3 Å². The Labute approximate surface area is 134 Å². The van der Waals surface area contributed by atoms with Crippen LogP contribution in [0.4, 0.5) is 0 Å². The lowest BCUT2D eigenvalue weighted by molar-refractivity contribution is 0.0684. The van der Waals surface area contributed by atoms with Gasteiger partial charge in [0.05, 0.1) is 23.6 Å². The van der Waals surface area contributed by atoms with Gasteiger partial charge < -0.3 is 4.52 Å². The zero-order chi connectivity index (χ0) is 15.6. The molecule has 4 nitrogen and oxygen atoms in total. The predicted octanol–water partition coefficient (Wildman–Crippen LogP) is 3.59. The van der Waals surface area contributed by atoms with Crippen molar-refractivity contribution in [1.82, 2.24) is 4.90 Å². The molecule has 0 saturated carbocycles. The van der Waals surface area contributed by atoms with Crippen molar-refractivity contribution in [2.75, 3.05) is 19.1 Å². The molecule has 1 aliphatic heterocycles. The van der Waals surface area contributed by atoms with E-state index >= 15 is 0 Å². The first-order valence-corrected chi connectivity index (χ1v) is 11.4. The minimum absolute atomic E-state index is 0.248. The van der Waals surface area contributed by atoms with Gasteiger partial charge in [-0.25, -0.2) is 0 Å². The molecule has 21 heavy (non-hydrogen) atoms. The maximum Gasteiger partial charge on any atom is 0.262 e. The molecule has 1 aromatic rings. The highest BCUT2D eigenvalue weighted by molar-refractivity contribution is 8.69. The first-order valence-electron chi connectivity index (χ1n) is 6.63. The highest BCUT2D eigenvalue weighted by Gasteiger charge is 2.35. The first-order chi connectivity index (χ1) is 9.82. The van der Waals surface area contributed by atoms with Crippen molar-refractivity contribution >= 4 is 40.5 Å². The number of carbonyl (C=O) groups is 2. The second-order valence-corrected chi connectivity index (χ2v) is 13.3. The summed E-state index contributed by atoms with van der Waals surface area (Å²) in [6.07, 6.45) is 0. The molecule has 1 aromatic carbocycles. The molecule has 7 heteroatoms. The lowest BCUT2D eigenvalue weighted by atomic mass is 10.1. The monoisotopic (exact) mass is 343 g/mol. The third kappa shape index (κ3) is 3.95. The minimum atomic E-state index is -2.04. The van der Waals surface area contributed by atoms with Gasteiger partial charge in [0.15, 0.2) is 0 Å². The van der Waals surface area contributed by atoms with Gasteiger partial charge in [0.1, 0.15) is 5.47 Å². The van der Waals surface area contributed by atoms with E-state index in [0.29, 0.717) is 23.7 Å². The SMILES string of the molecule is CC(C)COP(C)(=S)SCN1C(=O)c2ccccc2C1=O. The first kappa shape index (κ1) is 16.7. The van der Waals surface area contributed by atoms with Crippen molar-refractivity contribution in [2.45, 2.75) is 13.8 Å². The van der Waals surface area contributed by atoms with Gasteiger partial charge in [-0.15, -0.1) is 0 Å². The molecule has 0 bridgehead atoms. The van der Waals surface area contributed by atoms with Crippen LogP contribution in [-0.4, -0.2) is 35.9 Å². The van der Waals surface area contributed by atoms with Gasteiger partial charge in [-0.3, -0.25) is 14.5 Å². The van der Waals surface area contributed by atoms with Gasteiger partial charge in [0, 0.05) is 0 Å².